The summed E-state index contributed by atoms with van der Waals surface area (Å²) in [6.45, 7) is 1.68. The van der Waals surface area contributed by atoms with Gasteiger partial charge in [0.2, 0.25) is 17.7 Å². The second-order valence-corrected chi connectivity index (χ2v) is 10.4. The van der Waals surface area contributed by atoms with Crippen LogP contribution < -0.4 is 16.5 Å². The van der Waals surface area contributed by atoms with Gasteiger partial charge in [0.25, 0.3) is 0 Å². The minimum absolute atomic E-state index is 0.0257. The number of unbranched alkanes of at least 4 members (excludes halogenated alkanes) is 3. The number of hydrogen-bond donors (Lipinski definition) is 4. The normalized spacial score (nSPS) is 20.5. The fourth-order valence-electron chi connectivity index (χ4n) is 3.59. The minimum Gasteiger partial charge on any atom is -0.354 e. The first-order valence-corrected chi connectivity index (χ1v) is 12.0. The van der Waals surface area contributed by atoms with Gasteiger partial charge in [0.1, 0.15) is 6.04 Å². The van der Waals surface area contributed by atoms with E-state index in [9.17, 15) is 14.4 Å². The summed E-state index contributed by atoms with van der Waals surface area (Å²) in [6.07, 6.45) is 5.36. The predicted octanol–water partition coefficient (Wildman–Crippen LogP) is 1.07. The highest BCUT2D eigenvalue weighted by atomic mass is 32.2. The van der Waals surface area contributed by atoms with Gasteiger partial charge >= 0.3 is 0 Å². The van der Waals surface area contributed by atoms with E-state index in [0.717, 1.165) is 30.8 Å². The summed E-state index contributed by atoms with van der Waals surface area (Å²) in [5, 5.41) is 11.4. The quantitative estimate of drug-likeness (QED) is 0.219. The highest BCUT2D eigenvalue weighted by molar-refractivity contribution is 8.21. The lowest BCUT2D eigenvalue weighted by molar-refractivity contribution is -0.138. The van der Waals surface area contributed by atoms with Crippen LogP contribution in [-0.2, 0) is 14.4 Å². The molecule has 8 nitrogen and oxygen atoms in total. The molecular formula is C18H32N4O4S2. The SMILES string of the molecule is NCCCC(=O)N1CC2(C[C@H]1C(=O)NCCCCCCC(=O)NO)SCCS2. The Morgan fingerprint density at radius 2 is 1.79 bits per heavy atom. The van der Waals surface area contributed by atoms with Crippen LogP contribution >= 0.6 is 23.5 Å². The lowest BCUT2D eigenvalue weighted by Crippen LogP contribution is -2.46. The van der Waals surface area contributed by atoms with Crippen molar-refractivity contribution in [1.82, 2.24) is 15.7 Å². The van der Waals surface area contributed by atoms with Gasteiger partial charge in [0.05, 0.1) is 4.08 Å². The average molecular weight is 433 g/mol. The molecule has 10 heteroatoms. The van der Waals surface area contributed by atoms with Gasteiger partial charge in [-0.3, -0.25) is 19.6 Å². The number of nitrogens with one attached hydrogen (secondary N) is 2. The fraction of sp³-hybridized carbons (Fsp3) is 0.833. The van der Waals surface area contributed by atoms with Crippen LogP contribution in [0.2, 0.25) is 0 Å². The lowest BCUT2D eigenvalue weighted by Gasteiger charge is -2.24. The number of thioether (sulfide) groups is 2. The van der Waals surface area contributed by atoms with E-state index in [-0.39, 0.29) is 21.8 Å². The Morgan fingerprint density at radius 1 is 1.07 bits per heavy atom. The molecule has 3 amide bonds. The second kappa shape index (κ2) is 11.9. The topological polar surface area (TPSA) is 125 Å². The van der Waals surface area contributed by atoms with Crippen LogP contribution in [0, 0.1) is 0 Å². The Morgan fingerprint density at radius 3 is 2.46 bits per heavy atom. The van der Waals surface area contributed by atoms with Crippen LogP contribution in [0.3, 0.4) is 0 Å². The zero-order chi connectivity index (χ0) is 20.4. The Balaban J connectivity index is 1.76. The van der Waals surface area contributed by atoms with Crippen molar-refractivity contribution >= 4 is 41.2 Å². The van der Waals surface area contributed by atoms with Gasteiger partial charge in [0, 0.05) is 43.9 Å². The molecule has 2 fully saturated rings. The van der Waals surface area contributed by atoms with Crippen molar-refractivity contribution in [3.63, 3.8) is 0 Å². The molecule has 0 radical (unpaired) electrons. The third kappa shape index (κ3) is 6.82. The number of nitrogens with two attached hydrogens (primary N) is 1. The molecule has 2 aliphatic rings. The van der Waals surface area contributed by atoms with Crippen molar-refractivity contribution in [1.29, 1.82) is 0 Å². The molecule has 160 valence electrons. The molecule has 1 spiro atoms. The van der Waals surface area contributed by atoms with Crippen LogP contribution in [0.25, 0.3) is 0 Å². The number of amides is 3. The predicted molar refractivity (Wildman–Crippen MR) is 112 cm³/mol. The summed E-state index contributed by atoms with van der Waals surface area (Å²) in [4.78, 5) is 38.1. The van der Waals surface area contributed by atoms with E-state index in [4.69, 9.17) is 10.9 Å². The molecule has 2 heterocycles. The first-order valence-electron chi connectivity index (χ1n) is 9.99. The first kappa shape index (κ1) is 23.3. The summed E-state index contributed by atoms with van der Waals surface area (Å²) in [5.74, 6) is 1.73. The summed E-state index contributed by atoms with van der Waals surface area (Å²) in [7, 11) is 0. The monoisotopic (exact) mass is 432 g/mol. The van der Waals surface area contributed by atoms with E-state index in [2.05, 4.69) is 5.32 Å². The number of likely N-dealkylation sites (tertiary alicyclic amines) is 1. The molecule has 0 aliphatic carbocycles. The van der Waals surface area contributed by atoms with Gasteiger partial charge < -0.3 is 16.0 Å². The first-order chi connectivity index (χ1) is 13.5. The third-order valence-electron chi connectivity index (χ3n) is 5.08. The molecule has 0 bridgehead atoms. The van der Waals surface area contributed by atoms with E-state index in [1.54, 1.807) is 10.4 Å². The highest BCUT2D eigenvalue weighted by Gasteiger charge is 2.50. The molecule has 0 unspecified atom stereocenters. The van der Waals surface area contributed by atoms with Crippen LogP contribution in [0.15, 0.2) is 0 Å². The number of rotatable bonds is 11. The van der Waals surface area contributed by atoms with Gasteiger partial charge in [-0.1, -0.05) is 12.8 Å². The molecule has 1 atom stereocenters. The highest BCUT2D eigenvalue weighted by Crippen LogP contribution is 2.51. The Bertz CT molecular complexity index is 544. The zero-order valence-corrected chi connectivity index (χ0v) is 17.9. The zero-order valence-electron chi connectivity index (χ0n) is 16.3. The van der Waals surface area contributed by atoms with Crippen molar-refractivity contribution in [3.05, 3.63) is 0 Å². The van der Waals surface area contributed by atoms with Gasteiger partial charge in [-0.15, -0.1) is 23.5 Å². The van der Waals surface area contributed by atoms with Crippen molar-refractivity contribution in [3.8, 4) is 0 Å². The maximum absolute atomic E-state index is 12.8. The van der Waals surface area contributed by atoms with Crippen molar-refractivity contribution in [2.24, 2.45) is 5.73 Å². The number of carbonyl (C=O) groups is 3. The number of hydrogen-bond acceptors (Lipinski definition) is 7. The average Bonchev–Trinajstić information content (AvgIpc) is 3.32. The van der Waals surface area contributed by atoms with E-state index >= 15 is 0 Å². The minimum atomic E-state index is -0.392. The van der Waals surface area contributed by atoms with Crippen molar-refractivity contribution in [2.75, 3.05) is 31.1 Å². The molecule has 28 heavy (non-hydrogen) atoms. The van der Waals surface area contributed by atoms with Crippen molar-refractivity contribution < 1.29 is 19.6 Å². The molecular weight excluding hydrogens is 400 g/mol. The third-order valence-corrected chi connectivity index (χ3v) is 8.50. The molecule has 2 aliphatic heterocycles. The Hall–Kier alpha value is -0.970. The van der Waals surface area contributed by atoms with E-state index in [0.29, 0.717) is 51.7 Å². The van der Waals surface area contributed by atoms with Crippen LogP contribution in [0.5, 0.6) is 0 Å². The summed E-state index contributed by atoms with van der Waals surface area (Å²) in [5.41, 5.74) is 7.15. The maximum atomic E-state index is 12.8. The molecule has 5 N–H and O–H groups in total. The van der Waals surface area contributed by atoms with Crippen molar-refractivity contribution in [2.45, 2.75) is 61.5 Å². The summed E-state index contributed by atoms with van der Waals surface area (Å²) in [6, 6.07) is -0.392. The Labute approximate surface area is 175 Å². The van der Waals surface area contributed by atoms with Crippen LogP contribution in [0.1, 0.15) is 51.4 Å². The van der Waals surface area contributed by atoms with Gasteiger partial charge in [0.15, 0.2) is 0 Å². The lowest BCUT2D eigenvalue weighted by atomic mass is 10.1. The van der Waals surface area contributed by atoms with Gasteiger partial charge in [-0.25, -0.2) is 5.48 Å². The van der Waals surface area contributed by atoms with Crippen LogP contribution in [0.4, 0.5) is 0 Å². The summed E-state index contributed by atoms with van der Waals surface area (Å²) >= 11 is 3.75. The largest absolute Gasteiger partial charge is 0.354 e. The van der Waals surface area contributed by atoms with E-state index < -0.39 is 6.04 Å². The fourth-order valence-corrected chi connectivity index (χ4v) is 6.84. The summed E-state index contributed by atoms with van der Waals surface area (Å²) < 4.78 is -0.0341. The molecule has 0 aromatic rings. The molecule has 2 saturated heterocycles. The molecule has 0 saturated carbocycles. The van der Waals surface area contributed by atoms with Gasteiger partial charge in [-0.2, -0.15) is 0 Å². The number of carbonyl (C=O) groups excluding carboxylic acids is 3. The van der Waals surface area contributed by atoms with Gasteiger partial charge in [-0.05, 0) is 25.8 Å². The standard InChI is InChI=1S/C18H32N4O4S2/c19-8-5-7-16(24)22-13-18(27-10-11-28-18)12-14(22)17(25)20-9-4-2-1-3-6-15(23)21-26/h14,26H,1-13,19H2,(H,20,25)(H,21,23)/t14-/m0/s1. The molecule has 0 aromatic carbocycles. The Kier molecular flexibility index (Phi) is 9.90. The number of nitrogens with zero attached hydrogens (tertiary/aromatic N) is 1. The molecule has 2 rings (SSSR count). The number of hydroxylamine groups is 1. The van der Waals surface area contributed by atoms with E-state index in [1.807, 2.05) is 23.5 Å². The second-order valence-electron chi connectivity index (χ2n) is 7.23. The van der Waals surface area contributed by atoms with Crippen LogP contribution in [-0.4, -0.2) is 69.1 Å². The maximum Gasteiger partial charge on any atom is 0.243 e. The molecule has 0 aromatic heterocycles. The van der Waals surface area contributed by atoms with E-state index in [1.165, 1.54) is 0 Å². The smallest absolute Gasteiger partial charge is 0.243 e.